The van der Waals surface area contributed by atoms with E-state index in [1.165, 1.54) is 0 Å². The third kappa shape index (κ3) is 3.57. The lowest BCUT2D eigenvalue weighted by Gasteiger charge is -2.22. The third-order valence-corrected chi connectivity index (χ3v) is 4.46. The van der Waals surface area contributed by atoms with Crippen LogP contribution in [-0.4, -0.2) is 46.4 Å². The molecular weight excluding hydrogens is 316 g/mol. The van der Waals surface area contributed by atoms with Gasteiger partial charge in [-0.3, -0.25) is 9.69 Å². The van der Waals surface area contributed by atoms with Crippen LogP contribution in [0.2, 0.25) is 0 Å². The standard InChI is InChI=1S/C20H20N2O3/c1-22-11-10-20(25,19(22)24)9-8-14-4-2-5-15(12-14)16-6-3-7-17(13-16)18(21)23/h2-7,12-13,19,24-25H,10-11H2,1H3,(H2,21,23). The van der Waals surface area contributed by atoms with Crippen LogP contribution in [0.4, 0.5) is 0 Å². The lowest BCUT2D eigenvalue weighted by atomic mass is 9.99. The molecule has 1 saturated heterocycles. The summed E-state index contributed by atoms with van der Waals surface area (Å²) >= 11 is 0. The number of nitrogens with zero attached hydrogens (tertiary/aromatic N) is 1. The highest BCUT2D eigenvalue weighted by Crippen LogP contribution is 2.25. The minimum Gasteiger partial charge on any atom is -0.374 e. The van der Waals surface area contributed by atoms with E-state index in [2.05, 4.69) is 11.8 Å². The van der Waals surface area contributed by atoms with Crippen molar-refractivity contribution in [3.63, 3.8) is 0 Å². The first-order valence-electron chi connectivity index (χ1n) is 8.03. The van der Waals surface area contributed by atoms with Crippen LogP contribution >= 0.6 is 0 Å². The summed E-state index contributed by atoms with van der Waals surface area (Å²) in [6.07, 6.45) is -0.590. The van der Waals surface area contributed by atoms with Gasteiger partial charge in [0.1, 0.15) is 6.23 Å². The summed E-state index contributed by atoms with van der Waals surface area (Å²) in [5.74, 6) is 5.28. The van der Waals surface area contributed by atoms with Crippen molar-refractivity contribution in [3.05, 3.63) is 59.7 Å². The molecule has 2 atom stereocenters. The number of carbonyl (C=O) groups is 1. The van der Waals surface area contributed by atoms with Gasteiger partial charge in [-0.2, -0.15) is 0 Å². The average molecular weight is 336 g/mol. The summed E-state index contributed by atoms with van der Waals surface area (Å²) in [6, 6.07) is 14.6. The van der Waals surface area contributed by atoms with Gasteiger partial charge in [0.15, 0.2) is 5.60 Å². The van der Waals surface area contributed by atoms with Crippen LogP contribution < -0.4 is 5.73 Å². The number of rotatable bonds is 2. The van der Waals surface area contributed by atoms with Crippen LogP contribution in [-0.2, 0) is 0 Å². The van der Waals surface area contributed by atoms with Crippen LogP contribution in [0, 0.1) is 11.8 Å². The summed E-state index contributed by atoms with van der Waals surface area (Å²) in [4.78, 5) is 13.0. The molecule has 0 aromatic heterocycles. The first-order chi connectivity index (χ1) is 11.9. The van der Waals surface area contributed by atoms with E-state index in [-0.39, 0.29) is 0 Å². The van der Waals surface area contributed by atoms with Crippen molar-refractivity contribution in [2.24, 2.45) is 5.73 Å². The van der Waals surface area contributed by atoms with Crippen LogP contribution in [0.5, 0.6) is 0 Å². The van der Waals surface area contributed by atoms with Gasteiger partial charge in [-0.05, 0) is 42.4 Å². The van der Waals surface area contributed by atoms with Crippen molar-refractivity contribution in [2.45, 2.75) is 18.2 Å². The zero-order valence-corrected chi connectivity index (χ0v) is 13.9. The maximum absolute atomic E-state index is 11.3. The van der Waals surface area contributed by atoms with E-state index in [9.17, 15) is 15.0 Å². The summed E-state index contributed by atoms with van der Waals surface area (Å²) < 4.78 is 0. The Bertz CT molecular complexity index is 868. The van der Waals surface area contributed by atoms with E-state index in [0.29, 0.717) is 18.5 Å². The predicted octanol–water partition coefficient (Wildman–Crippen LogP) is 1.19. The molecule has 2 aromatic rings. The minimum atomic E-state index is -1.42. The Kier molecular flexibility index (Phi) is 4.60. The van der Waals surface area contributed by atoms with Gasteiger partial charge in [0, 0.05) is 24.1 Å². The second kappa shape index (κ2) is 6.69. The molecule has 0 saturated carbocycles. The molecule has 1 aliphatic heterocycles. The highest BCUT2D eigenvalue weighted by Gasteiger charge is 2.42. The molecule has 0 spiro atoms. The Labute approximate surface area is 146 Å². The molecule has 0 radical (unpaired) electrons. The van der Waals surface area contributed by atoms with Crippen LogP contribution in [0.25, 0.3) is 11.1 Å². The van der Waals surface area contributed by atoms with Crippen molar-refractivity contribution < 1.29 is 15.0 Å². The number of aliphatic hydroxyl groups excluding tert-OH is 1. The minimum absolute atomic E-state index is 0.401. The quantitative estimate of drug-likeness (QED) is 0.719. The second-order valence-electron chi connectivity index (χ2n) is 6.30. The van der Waals surface area contributed by atoms with Crippen LogP contribution in [0.3, 0.4) is 0 Å². The Hall–Kier alpha value is -2.65. The van der Waals surface area contributed by atoms with Crippen molar-refractivity contribution >= 4 is 5.91 Å². The number of likely N-dealkylation sites (tertiary alicyclic amines) is 1. The Morgan fingerprint density at radius 3 is 2.56 bits per heavy atom. The molecule has 3 rings (SSSR count). The molecular formula is C20H20N2O3. The van der Waals surface area contributed by atoms with Crippen molar-refractivity contribution in [2.75, 3.05) is 13.6 Å². The van der Waals surface area contributed by atoms with Crippen molar-refractivity contribution in [1.82, 2.24) is 4.90 Å². The van der Waals surface area contributed by atoms with Crippen molar-refractivity contribution in [3.8, 4) is 23.0 Å². The largest absolute Gasteiger partial charge is 0.374 e. The van der Waals surface area contributed by atoms with Gasteiger partial charge in [0.25, 0.3) is 0 Å². The first kappa shape index (κ1) is 17.2. The molecule has 1 aliphatic rings. The fourth-order valence-electron chi connectivity index (χ4n) is 2.90. The van der Waals surface area contributed by atoms with Crippen LogP contribution in [0.15, 0.2) is 48.5 Å². The summed E-state index contributed by atoms with van der Waals surface area (Å²) in [5, 5.41) is 20.5. The predicted molar refractivity (Wildman–Crippen MR) is 95.5 cm³/mol. The van der Waals surface area contributed by atoms with Gasteiger partial charge in [-0.15, -0.1) is 0 Å². The molecule has 5 heteroatoms. The Balaban J connectivity index is 1.90. The Morgan fingerprint density at radius 2 is 1.92 bits per heavy atom. The monoisotopic (exact) mass is 336 g/mol. The molecule has 1 amide bonds. The maximum Gasteiger partial charge on any atom is 0.248 e. The lowest BCUT2D eigenvalue weighted by Crippen LogP contribution is -2.42. The normalized spacial score (nSPS) is 23.1. The van der Waals surface area contributed by atoms with E-state index < -0.39 is 17.7 Å². The number of hydrogen-bond donors (Lipinski definition) is 3. The zero-order chi connectivity index (χ0) is 18.0. The molecule has 4 N–H and O–H groups in total. The molecule has 5 nitrogen and oxygen atoms in total. The highest BCUT2D eigenvalue weighted by atomic mass is 16.4. The SMILES string of the molecule is CN1CCC(O)(C#Cc2cccc(-c3cccc(C(N)=O)c3)c2)C1O. The van der Waals surface area contributed by atoms with Gasteiger partial charge in [-0.1, -0.05) is 36.1 Å². The van der Waals surface area contributed by atoms with Gasteiger partial charge in [-0.25, -0.2) is 0 Å². The number of carbonyl (C=O) groups excluding carboxylic acids is 1. The molecule has 1 fully saturated rings. The lowest BCUT2D eigenvalue weighted by molar-refractivity contribution is -0.0633. The van der Waals surface area contributed by atoms with E-state index in [1.54, 1.807) is 30.1 Å². The fraction of sp³-hybridized carbons (Fsp3) is 0.250. The molecule has 2 aromatic carbocycles. The number of nitrogens with two attached hydrogens (primary N) is 1. The maximum atomic E-state index is 11.3. The van der Waals surface area contributed by atoms with Gasteiger partial charge < -0.3 is 15.9 Å². The topological polar surface area (TPSA) is 86.8 Å². The van der Waals surface area contributed by atoms with E-state index in [1.807, 2.05) is 30.3 Å². The molecule has 0 aliphatic carbocycles. The van der Waals surface area contributed by atoms with E-state index in [0.717, 1.165) is 16.7 Å². The summed E-state index contributed by atoms with van der Waals surface area (Å²) in [5.41, 5.74) is 6.83. The number of likely N-dealkylation sites (N-methyl/N-ethyl adjacent to an activating group) is 1. The molecule has 25 heavy (non-hydrogen) atoms. The number of amides is 1. The molecule has 2 unspecified atom stereocenters. The smallest absolute Gasteiger partial charge is 0.248 e. The molecule has 0 bridgehead atoms. The summed E-state index contributed by atoms with van der Waals surface area (Å²) in [6.45, 7) is 0.590. The zero-order valence-electron chi connectivity index (χ0n) is 13.9. The summed E-state index contributed by atoms with van der Waals surface area (Å²) in [7, 11) is 1.75. The number of primary amides is 1. The first-order valence-corrected chi connectivity index (χ1v) is 8.03. The van der Waals surface area contributed by atoms with Crippen LogP contribution in [0.1, 0.15) is 22.3 Å². The second-order valence-corrected chi connectivity index (χ2v) is 6.30. The van der Waals surface area contributed by atoms with Gasteiger partial charge >= 0.3 is 0 Å². The Morgan fingerprint density at radius 1 is 1.24 bits per heavy atom. The number of aliphatic hydroxyl groups is 2. The van der Waals surface area contributed by atoms with Gasteiger partial charge in [0.2, 0.25) is 5.91 Å². The number of hydrogen-bond acceptors (Lipinski definition) is 4. The molecule has 1 heterocycles. The fourth-order valence-corrected chi connectivity index (χ4v) is 2.90. The number of benzene rings is 2. The average Bonchev–Trinajstić information content (AvgIpc) is 2.88. The van der Waals surface area contributed by atoms with Crippen molar-refractivity contribution in [1.29, 1.82) is 0 Å². The third-order valence-electron chi connectivity index (χ3n) is 4.46. The molecule has 128 valence electrons. The van der Waals surface area contributed by atoms with E-state index in [4.69, 9.17) is 5.73 Å². The van der Waals surface area contributed by atoms with Gasteiger partial charge in [0.05, 0.1) is 0 Å². The highest BCUT2D eigenvalue weighted by molar-refractivity contribution is 5.94. The van der Waals surface area contributed by atoms with E-state index >= 15 is 0 Å².